The zero-order valence-electron chi connectivity index (χ0n) is 19.3. The molecule has 0 bridgehead atoms. The van der Waals surface area contributed by atoms with E-state index in [1.807, 2.05) is 18.3 Å². The Morgan fingerprint density at radius 3 is 2.66 bits per heavy atom. The molecule has 2 aromatic heterocycles. The predicted molar refractivity (Wildman–Crippen MR) is 130 cm³/mol. The molecule has 6 heteroatoms. The summed E-state index contributed by atoms with van der Waals surface area (Å²) in [4.78, 5) is 33.9. The Labute approximate surface area is 189 Å². The van der Waals surface area contributed by atoms with Crippen LogP contribution in [0.4, 0.5) is 0 Å². The van der Waals surface area contributed by atoms with Gasteiger partial charge in [0.1, 0.15) is 6.33 Å². The molecule has 32 heavy (non-hydrogen) atoms. The molecule has 0 unspecified atom stereocenters. The summed E-state index contributed by atoms with van der Waals surface area (Å²) < 4.78 is 1.37. The van der Waals surface area contributed by atoms with Crippen molar-refractivity contribution in [3.05, 3.63) is 76.1 Å². The largest absolute Gasteiger partial charge is 0.353 e. The number of carbonyl (C=O) groups excluding carboxylic acids is 1. The summed E-state index contributed by atoms with van der Waals surface area (Å²) in [7, 11) is 0. The van der Waals surface area contributed by atoms with Crippen LogP contribution >= 0.6 is 0 Å². The second kappa shape index (κ2) is 10.8. The number of fused-ring (bicyclic) bond motifs is 1. The van der Waals surface area contributed by atoms with Crippen molar-refractivity contribution in [2.45, 2.75) is 58.8 Å². The van der Waals surface area contributed by atoms with E-state index in [0.717, 1.165) is 35.9 Å². The Morgan fingerprint density at radius 2 is 1.97 bits per heavy atom. The van der Waals surface area contributed by atoms with Gasteiger partial charge in [-0.2, -0.15) is 0 Å². The van der Waals surface area contributed by atoms with E-state index in [0.29, 0.717) is 17.8 Å². The fourth-order valence-electron chi connectivity index (χ4n) is 3.60. The van der Waals surface area contributed by atoms with E-state index in [4.69, 9.17) is 0 Å². The third-order valence-corrected chi connectivity index (χ3v) is 5.53. The number of unbranched alkanes of at least 4 members (excludes halogenated alkanes) is 1. The first-order chi connectivity index (χ1) is 15.4. The molecule has 0 saturated heterocycles. The highest BCUT2D eigenvalue weighted by molar-refractivity contribution is 5.90. The zero-order valence-corrected chi connectivity index (χ0v) is 19.3. The summed E-state index contributed by atoms with van der Waals surface area (Å²) >= 11 is 0. The number of benzene rings is 1. The molecule has 0 saturated carbocycles. The van der Waals surface area contributed by atoms with E-state index in [9.17, 15) is 9.59 Å². The molecule has 0 spiro atoms. The molecule has 6 nitrogen and oxygen atoms in total. The van der Waals surface area contributed by atoms with Crippen molar-refractivity contribution in [1.29, 1.82) is 0 Å². The monoisotopic (exact) mass is 432 g/mol. The van der Waals surface area contributed by atoms with Crippen LogP contribution in [-0.2, 0) is 11.2 Å². The van der Waals surface area contributed by atoms with Crippen molar-refractivity contribution in [2.24, 2.45) is 0 Å². The number of nitrogens with one attached hydrogen (secondary N) is 1. The molecule has 0 aliphatic carbocycles. The number of hydrogen-bond donors (Lipinski definition) is 1. The predicted octanol–water partition coefficient (Wildman–Crippen LogP) is 4.65. The van der Waals surface area contributed by atoms with Crippen LogP contribution in [0.3, 0.4) is 0 Å². The quantitative estimate of drug-likeness (QED) is 0.394. The standard InChI is InChI=1S/C26H32N4O2/c1-18(2)21-14-22(19(3)4)25-23(15-21)26(32)30(17-29-25)13-10-24(31)28-12-6-5-8-20-9-7-11-27-16-20/h7,9-11,13-19H,5-6,8,12H2,1-4H3,(H,28,31)/b13-10+. The maximum Gasteiger partial charge on any atom is 0.265 e. The fraction of sp³-hybridized carbons (Fsp3) is 0.385. The van der Waals surface area contributed by atoms with Gasteiger partial charge >= 0.3 is 0 Å². The Kier molecular flexibility index (Phi) is 7.92. The highest BCUT2D eigenvalue weighted by atomic mass is 16.1. The number of aromatic nitrogens is 3. The van der Waals surface area contributed by atoms with E-state index < -0.39 is 0 Å². The molecule has 168 valence electrons. The van der Waals surface area contributed by atoms with Crippen LogP contribution in [0.5, 0.6) is 0 Å². The number of pyridine rings is 1. The summed E-state index contributed by atoms with van der Waals surface area (Å²) in [6, 6.07) is 8.05. The van der Waals surface area contributed by atoms with Gasteiger partial charge in [-0.15, -0.1) is 0 Å². The van der Waals surface area contributed by atoms with Crippen LogP contribution in [0.15, 0.2) is 53.9 Å². The van der Waals surface area contributed by atoms with Gasteiger partial charge in [-0.25, -0.2) is 4.98 Å². The van der Waals surface area contributed by atoms with Crippen LogP contribution in [0.2, 0.25) is 0 Å². The van der Waals surface area contributed by atoms with Gasteiger partial charge in [0.05, 0.1) is 10.9 Å². The summed E-state index contributed by atoms with van der Waals surface area (Å²) in [5, 5.41) is 3.45. The lowest BCUT2D eigenvalue weighted by molar-refractivity contribution is -0.116. The lowest BCUT2D eigenvalue weighted by Crippen LogP contribution is -2.23. The first-order valence-corrected chi connectivity index (χ1v) is 11.3. The summed E-state index contributed by atoms with van der Waals surface area (Å²) in [6.07, 6.45) is 10.8. The minimum Gasteiger partial charge on any atom is -0.353 e. The number of rotatable bonds is 9. The van der Waals surface area contributed by atoms with Gasteiger partial charge in [-0.05, 0) is 59.9 Å². The number of nitrogens with zero attached hydrogens (tertiary/aromatic N) is 3. The molecule has 1 amide bonds. The van der Waals surface area contributed by atoms with Gasteiger partial charge < -0.3 is 5.32 Å². The molecule has 3 aromatic rings. The molecule has 1 aromatic carbocycles. The molecule has 1 N–H and O–H groups in total. The molecule has 0 radical (unpaired) electrons. The van der Waals surface area contributed by atoms with Gasteiger partial charge in [0.15, 0.2) is 0 Å². The van der Waals surface area contributed by atoms with Gasteiger partial charge in [-0.1, -0.05) is 39.8 Å². The maximum absolute atomic E-state index is 13.1. The first kappa shape index (κ1) is 23.4. The highest BCUT2D eigenvalue weighted by Crippen LogP contribution is 2.27. The average molecular weight is 433 g/mol. The van der Waals surface area contributed by atoms with Crippen molar-refractivity contribution in [3.8, 4) is 0 Å². The van der Waals surface area contributed by atoms with Gasteiger partial charge in [0.25, 0.3) is 5.56 Å². The van der Waals surface area contributed by atoms with Crippen molar-refractivity contribution in [1.82, 2.24) is 19.9 Å². The number of hydrogen-bond acceptors (Lipinski definition) is 4. The van der Waals surface area contributed by atoms with Crippen LogP contribution in [0.25, 0.3) is 17.1 Å². The molecule has 0 fully saturated rings. The smallest absolute Gasteiger partial charge is 0.265 e. The van der Waals surface area contributed by atoms with Crippen molar-refractivity contribution in [2.75, 3.05) is 6.54 Å². The Bertz CT molecular complexity index is 1150. The minimum atomic E-state index is -0.225. The number of carbonyl (C=O) groups is 1. The van der Waals surface area contributed by atoms with Crippen LogP contribution in [0, 0.1) is 0 Å². The number of amides is 1. The molecule has 2 heterocycles. The number of aryl methyl sites for hydroxylation is 1. The van der Waals surface area contributed by atoms with Gasteiger partial charge in [0, 0.05) is 31.2 Å². The van der Waals surface area contributed by atoms with Crippen molar-refractivity contribution in [3.63, 3.8) is 0 Å². The average Bonchev–Trinajstić information content (AvgIpc) is 2.78. The van der Waals surface area contributed by atoms with Crippen LogP contribution < -0.4 is 10.9 Å². The first-order valence-electron chi connectivity index (χ1n) is 11.3. The van der Waals surface area contributed by atoms with Crippen LogP contribution in [0.1, 0.15) is 69.1 Å². The summed E-state index contributed by atoms with van der Waals surface area (Å²) in [5.41, 5.74) is 3.95. The van der Waals surface area contributed by atoms with E-state index in [-0.39, 0.29) is 17.4 Å². The molecule has 0 aliphatic heterocycles. The van der Waals surface area contributed by atoms with E-state index in [1.165, 1.54) is 28.7 Å². The fourth-order valence-corrected chi connectivity index (χ4v) is 3.60. The Morgan fingerprint density at radius 1 is 1.16 bits per heavy atom. The van der Waals surface area contributed by atoms with Crippen molar-refractivity contribution >= 4 is 23.0 Å². The van der Waals surface area contributed by atoms with Gasteiger partial charge in [-0.3, -0.25) is 19.1 Å². The Hall–Kier alpha value is -3.28. The second-order valence-electron chi connectivity index (χ2n) is 8.70. The van der Waals surface area contributed by atoms with Crippen molar-refractivity contribution < 1.29 is 4.79 Å². The van der Waals surface area contributed by atoms with E-state index >= 15 is 0 Å². The maximum atomic E-state index is 13.1. The summed E-state index contributed by atoms with van der Waals surface area (Å²) in [5.74, 6) is 0.347. The molecule has 3 rings (SSSR count). The lowest BCUT2D eigenvalue weighted by atomic mass is 9.93. The van der Waals surface area contributed by atoms with Gasteiger partial charge in [0.2, 0.25) is 5.91 Å². The second-order valence-corrected chi connectivity index (χ2v) is 8.70. The third kappa shape index (κ3) is 5.90. The summed E-state index contributed by atoms with van der Waals surface area (Å²) in [6.45, 7) is 9.02. The highest BCUT2D eigenvalue weighted by Gasteiger charge is 2.14. The topological polar surface area (TPSA) is 76.9 Å². The minimum absolute atomic E-state index is 0.167. The Balaban J connectivity index is 1.65. The lowest BCUT2D eigenvalue weighted by Gasteiger charge is -2.14. The molecular formula is C26H32N4O2. The molecule has 0 aliphatic rings. The SMILES string of the molecule is CC(C)c1cc(C(C)C)c2ncn(/C=C/C(=O)NCCCCc3cccnc3)c(=O)c2c1. The van der Waals surface area contributed by atoms with E-state index in [1.54, 1.807) is 6.20 Å². The zero-order chi connectivity index (χ0) is 23.1. The van der Waals surface area contributed by atoms with Crippen LogP contribution in [-0.4, -0.2) is 27.0 Å². The normalized spacial score (nSPS) is 11.7. The molecular weight excluding hydrogens is 400 g/mol. The van der Waals surface area contributed by atoms with E-state index in [2.05, 4.69) is 55.1 Å². The molecule has 0 atom stereocenters. The third-order valence-electron chi connectivity index (χ3n) is 5.53.